The van der Waals surface area contributed by atoms with Crippen molar-refractivity contribution in [3.8, 4) is 0 Å². The number of nitrogens with zero attached hydrogens (tertiary/aromatic N) is 3. The molecule has 106 valence electrons. The molecule has 0 bridgehead atoms. The molecule has 2 aromatic rings. The van der Waals surface area contributed by atoms with E-state index in [1.54, 1.807) is 13.0 Å². The highest BCUT2D eigenvalue weighted by Gasteiger charge is 2.13. The molecule has 0 atom stereocenters. The number of carboxylic acid groups (broad SMARTS) is 1. The minimum atomic E-state index is -1.01. The van der Waals surface area contributed by atoms with Crippen LogP contribution >= 0.6 is 11.8 Å². The number of aromatic nitrogens is 4. The predicted molar refractivity (Wildman–Crippen MR) is 73.2 cm³/mol. The molecule has 0 aliphatic carbocycles. The third-order valence-electron chi connectivity index (χ3n) is 2.66. The summed E-state index contributed by atoms with van der Waals surface area (Å²) in [4.78, 5) is 26.7. The third kappa shape index (κ3) is 2.90. The van der Waals surface area contributed by atoms with E-state index >= 15 is 0 Å². The van der Waals surface area contributed by atoms with Crippen molar-refractivity contribution in [1.82, 2.24) is 19.7 Å². The van der Waals surface area contributed by atoms with Crippen LogP contribution in [-0.4, -0.2) is 30.8 Å². The number of pyridine rings is 1. The van der Waals surface area contributed by atoms with E-state index < -0.39 is 5.97 Å². The van der Waals surface area contributed by atoms with Crippen molar-refractivity contribution < 1.29 is 9.90 Å². The molecule has 0 saturated carbocycles. The summed E-state index contributed by atoms with van der Waals surface area (Å²) in [5.41, 5.74) is 0.345. The van der Waals surface area contributed by atoms with Crippen molar-refractivity contribution >= 4 is 17.7 Å². The van der Waals surface area contributed by atoms with Crippen LogP contribution in [0.25, 0.3) is 0 Å². The highest BCUT2D eigenvalue weighted by atomic mass is 32.2. The molecule has 0 radical (unpaired) electrons. The second kappa shape index (κ2) is 5.91. The number of aromatic amines is 1. The van der Waals surface area contributed by atoms with Gasteiger partial charge < -0.3 is 5.11 Å². The molecule has 0 saturated heterocycles. The van der Waals surface area contributed by atoms with Gasteiger partial charge in [-0.3, -0.25) is 4.57 Å². The highest BCUT2D eigenvalue weighted by Crippen LogP contribution is 2.24. The van der Waals surface area contributed by atoms with Crippen LogP contribution in [0, 0.1) is 6.92 Å². The Hall–Kier alpha value is -2.09. The van der Waals surface area contributed by atoms with Crippen molar-refractivity contribution in [2.75, 3.05) is 0 Å². The Morgan fingerprint density at radius 3 is 2.85 bits per heavy atom. The lowest BCUT2D eigenvalue weighted by molar-refractivity contribution is 0.0695. The fourth-order valence-corrected chi connectivity index (χ4v) is 2.60. The van der Waals surface area contributed by atoms with E-state index in [0.717, 1.165) is 6.42 Å². The average molecular weight is 294 g/mol. The van der Waals surface area contributed by atoms with Gasteiger partial charge in [0.15, 0.2) is 5.16 Å². The molecule has 0 spiro atoms. The highest BCUT2D eigenvalue weighted by molar-refractivity contribution is 7.99. The van der Waals surface area contributed by atoms with E-state index in [4.69, 9.17) is 5.11 Å². The Labute approximate surface area is 119 Å². The SMILES string of the molecule is CCCn1c(Sc2ccc(C(=O)O)c(C)n2)n[nH]c1=O. The van der Waals surface area contributed by atoms with Gasteiger partial charge in [-0.1, -0.05) is 6.92 Å². The standard InChI is InChI=1S/C12H14N4O3S/c1-3-6-16-11(19)14-15-12(16)20-9-5-4-8(10(17)18)7(2)13-9/h4-5H,3,6H2,1-2H3,(H,14,19)(H,17,18). The van der Waals surface area contributed by atoms with Gasteiger partial charge in [0.05, 0.1) is 11.3 Å². The minimum Gasteiger partial charge on any atom is -0.478 e. The fraction of sp³-hybridized carbons (Fsp3) is 0.333. The van der Waals surface area contributed by atoms with Crippen molar-refractivity contribution in [2.24, 2.45) is 0 Å². The van der Waals surface area contributed by atoms with E-state index in [0.29, 0.717) is 22.4 Å². The molecule has 0 fully saturated rings. The van der Waals surface area contributed by atoms with Gasteiger partial charge in [-0.2, -0.15) is 0 Å². The molecule has 0 unspecified atom stereocenters. The molecule has 0 amide bonds. The molecular weight excluding hydrogens is 280 g/mol. The molecular formula is C12H14N4O3S. The average Bonchev–Trinajstić information content (AvgIpc) is 2.72. The monoisotopic (exact) mass is 294 g/mol. The quantitative estimate of drug-likeness (QED) is 0.867. The van der Waals surface area contributed by atoms with Crippen molar-refractivity contribution in [3.63, 3.8) is 0 Å². The van der Waals surface area contributed by atoms with E-state index in [2.05, 4.69) is 15.2 Å². The van der Waals surface area contributed by atoms with Crippen LogP contribution in [-0.2, 0) is 6.54 Å². The largest absolute Gasteiger partial charge is 0.478 e. The van der Waals surface area contributed by atoms with Crippen LogP contribution in [0.3, 0.4) is 0 Å². The van der Waals surface area contributed by atoms with Gasteiger partial charge in [0.2, 0.25) is 0 Å². The van der Waals surface area contributed by atoms with Crippen LogP contribution in [0.2, 0.25) is 0 Å². The first-order valence-electron chi connectivity index (χ1n) is 6.07. The summed E-state index contributed by atoms with van der Waals surface area (Å²) in [5.74, 6) is -1.01. The van der Waals surface area contributed by atoms with Gasteiger partial charge in [-0.05, 0) is 37.2 Å². The second-order valence-corrected chi connectivity index (χ2v) is 5.14. The molecule has 7 nitrogen and oxygen atoms in total. The van der Waals surface area contributed by atoms with Crippen molar-refractivity contribution in [3.05, 3.63) is 33.9 Å². The maximum absolute atomic E-state index is 11.6. The van der Waals surface area contributed by atoms with Crippen molar-refractivity contribution in [2.45, 2.75) is 37.0 Å². The summed E-state index contributed by atoms with van der Waals surface area (Å²) in [6, 6.07) is 3.11. The summed E-state index contributed by atoms with van der Waals surface area (Å²) in [7, 11) is 0. The van der Waals surface area contributed by atoms with Crippen molar-refractivity contribution in [1.29, 1.82) is 0 Å². The number of hydrogen-bond acceptors (Lipinski definition) is 5. The van der Waals surface area contributed by atoms with Gasteiger partial charge in [0.1, 0.15) is 5.03 Å². The normalized spacial score (nSPS) is 10.7. The summed E-state index contributed by atoms with van der Waals surface area (Å²) < 4.78 is 1.53. The lowest BCUT2D eigenvalue weighted by atomic mass is 10.2. The van der Waals surface area contributed by atoms with Gasteiger partial charge in [0, 0.05) is 6.54 Å². The molecule has 2 rings (SSSR count). The molecule has 2 heterocycles. The number of aryl methyl sites for hydroxylation is 1. The molecule has 20 heavy (non-hydrogen) atoms. The lowest BCUT2D eigenvalue weighted by Gasteiger charge is -2.05. The van der Waals surface area contributed by atoms with Crippen LogP contribution in [0.4, 0.5) is 0 Å². The predicted octanol–water partition coefficient (Wildman–Crippen LogP) is 1.53. The topological polar surface area (TPSA) is 101 Å². The summed E-state index contributed by atoms with van der Waals surface area (Å²) in [5, 5.41) is 16.4. The van der Waals surface area contributed by atoms with Crippen LogP contribution in [0.5, 0.6) is 0 Å². The zero-order chi connectivity index (χ0) is 14.7. The van der Waals surface area contributed by atoms with Crippen LogP contribution in [0.15, 0.2) is 27.1 Å². The molecule has 0 aliphatic heterocycles. The smallest absolute Gasteiger partial charge is 0.343 e. The Bertz CT molecular complexity index is 692. The number of aromatic carboxylic acids is 1. The lowest BCUT2D eigenvalue weighted by Crippen LogP contribution is -2.17. The summed E-state index contributed by atoms with van der Waals surface area (Å²) >= 11 is 1.23. The van der Waals surface area contributed by atoms with E-state index in [9.17, 15) is 9.59 Å². The molecule has 8 heteroatoms. The first kappa shape index (κ1) is 14.3. The summed E-state index contributed by atoms with van der Waals surface area (Å²) in [6.07, 6.45) is 0.817. The number of carbonyl (C=O) groups is 1. The van der Waals surface area contributed by atoms with Gasteiger partial charge in [-0.15, -0.1) is 5.10 Å². The Morgan fingerprint density at radius 2 is 2.25 bits per heavy atom. The van der Waals surface area contributed by atoms with Crippen LogP contribution < -0.4 is 5.69 Å². The zero-order valence-corrected chi connectivity index (χ0v) is 11.9. The Balaban J connectivity index is 2.29. The first-order chi connectivity index (χ1) is 9.52. The van der Waals surface area contributed by atoms with E-state index in [1.807, 2.05) is 6.92 Å². The van der Waals surface area contributed by atoms with E-state index in [-0.39, 0.29) is 11.3 Å². The third-order valence-corrected chi connectivity index (χ3v) is 3.59. The van der Waals surface area contributed by atoms with Gasteiger partial charge >= 0.3 is 11.7 Å². The van der Waals surface area contributed by atoms with E-state index in [1.165, 1.54) is 22.4 Å². The summed E-state index contributed by atoms with van der Waals surface area (Å²) in [6.45, 7) is 4.18. The number of nitrogens with one attached hydrogen (secondary N) is 1. The number of rotatable bonds is 5. The second-order valence-electron chi connectivity index (χ2n) is 4.15. The fourth-order valence-electron chi connectivity index (χ4n) is 1.72. The maximum atomic E-state index is 11.6. The molecule has 0 aliphatic rings. The first-order valence-corrected chi connectivity index (χ1v) is 6.88. The van der Waals surface area contributed by atoms with Crippen LogP contribution in [0.1, 0.15) is 29.4 Å². The number of carboxylic acids is 1. The number of H-pyrrole nitrogens is 1. The van der Waals surface area contributed by atoms with Gasteiger partial charge in [-0.25, -0.2) is 19.7 Å². The number of hydrogen-bond donors (Lipinski definition) is 2. The zero-order valence-electron chi connectivity index (χ0n) is 11.1. The maximum Gasteiger partial charge on any atom is 0.343 e. The Kier molecular flexibility index (Phi) is 4.23. The van der Waals surface area contributed by atoms with Gasteiger partial charge in [0.25, 0.3) is 0 Å². The Morgan fingerprint density at radius 1 is 1.50 bits per heavy atom. The molecule has 0 aromatic carbocycles. The molecule has 2 aromatic heterocycles. The molecule has 2 N–H and O–H groups in total. The minimum absolute atomic E-state index is 0.169.